The summed E-state index contributed by atoms with van der Waals surface area (Å²) < 4.78 is 75.1. The van der Waals surface area contributed by atoms with Gasteiger partial charge in [-0.25, -0.2) is 0 Å². The molecule has 0 aliphatic carbocycles. The van der Waals surface area contributed by atoms with Gasteiger partial charge in [0.2, 0.25) is 0 Å². The van der Waals surface area contributed by atoms with Crippen molar-refractivity contribution in [1.82, 2.24) is 0 Å². The normalized spacial score (nSPS) is 11.8. The van der Waals surface area contributed by atoms with Crippen LogP contribution in [0.4, 0.5) is 26.3 Å². The Hall–Kier alpha value is -2.22. The molecule has 0 unspecified atom stereocenters. The fraction of sp³-hybridized carbons (Fsp3) is 0.200. The minimum Gasteiger partial charge on any atom is -0.192 e. The van der Waals surface area contributed by atoms with Gasteiger partial charge in [-0.05, 0) is 12.1 Å². The van der Waals surface area contributed by atoms with Crippen LogP contribution < -0.4 is 0 Å². The largest absolute Gasteiger partial charge is 0.418 e. The van der Waals surface area contributed by atoms with Crippen LogP contribution in [0.25, 0.3) is 0 Å². The van der Waals surface area contributed by atoms with E-state index in [0.717, 1.165) is 6.07 Å². The lowest BCUT2D eigenvalue weighted by atomic mass is 9.97. The lowest BCUT2D eigenvalue weighted by molar-refractivity contribution is -0.162. The van der Waals surface area contributed by atoms with E-state index in [1.165, 1.54) is 6.07 Å². The average Bonchev–Trinajstić information content (AvgIpc) is 2.24. The molecule has 1 aromatic rings. The highest BCUT2D eigenvalue weighted by Gasteiger charge is 2.45. The van der Waals surface area contributed by atoms with Crippen molar-refractivity contribution in [3.63, 3.8) is 0 Å². The predicted octanol–water partition coefficient (Wildman–Crippen LogP) is 3.47. The second-order valence-corrected chi connectivity index (χ2v) is 3.17. The van der Waals surface area contributed by atoms with E-state index in [4.69, 9.17) is 10.5 Å². The Morgan fingerprint density at radius 2 is 1.39 bits per heavy atom. The molecule has 0 fully saturated rings. The van der Waals surface area contributed by atoms with Crippen LogP contribution in [0.2, 0.25) is 0 Å². The van der Waals surface area contributed by atoms with E-state index >= 15 is 0 Å². The molecule has 0 saturated carbocycles. The molecule has 0 aliphatic rings. The summed E-state index contributed by atoms with van der Waals surface area (Å²) in [5.41, 5.74) is -6.00. The molecule has 0 aliphatic heterocycles. The van der Waals surface area contributed by atoms with Gasteiger partial charge >= 0.3 is 12.4 Å². The number of rotatable bonds is 0. The molecule has 94 valence electrons. The Balaban J connectivity index is 3.78. The zero-order chi connectivity index (χ0) is 14.1. The highest BCUT2D eigenvalue weighted by Crippen LogP contribution is 2.42. The summed E-state index contributed by atoms with van der Waals surface area (Å²) in [6.45, 7) is 0. The molecule has 0 atom stereocenters. The number of alkyl halides is 6. The van der Waals surface area contributed by atoms with Crippen LogP contribution in [0.5, 0.6) is 0 Å². The summed E-state index contributed by atoms with van der Waals surface area (Å²) in [7, 11) is 0. The first-order valence-electron chi connectivity index (χ1n) is 4.24. The molecule has 1 rings (SSSR count). The molecule has 0 N–H and O–H groups in total. The summed E-state index contributed by atoms with van der Waals surface area (Å²) in [6, 6.07) is 2.84. The van der Waals surface area contributed by atoms with Gasteiger partial charge in [-0.15, -0.1) is 0 Å². The van der Waals surface area contributed by atoms with Crippen molar-refractivity contribution in [2.75, 3.05) is 0 Å². The molecule has 0 spiro atoms. The van der Waals surface area contributed by atoms with Gasteiger partial charge in [0.1, 0.15) is 0 Å². The van der Waals surface area contributed by atoms with E-state index in [2.05, 4.69) is 0 Å². The Morgan fingerprint density at radius 1 is 0.833 bits per heavy atom. The van der Waals surface area contributed by atoms with Crippen molar-refractivity contribution in [2.45, 2.75) is 12.4 Å². The standard InChI is InChI=1S/C10H2F6N2/c11-9(12,13)7-2-5(3-17)1-6(4-18)8(7)10(14,15)16/h1-2H. The lowest BCUT2D eigenvalue weighted by Crippen LogP contribution is -2.18. The van der Waals surface area contributed by atoms with Crippen LogP contribution in [-0.2, 0) is 12.4 Å². The molecule has 8 heteroatoms. The van der Waals surface area contributed by atoms with Gasteiger partial charge in [-0.2, -0.15) is 36.9 Å². The summed E-state index contributed by atoms with van der Waals surface area (Å²) in [5, 5.41) is 16.9. The van der Waals surface area contributed by atoms with Crippen molar-refractivity contribution in [3.8, 4) is 12.1 Å². The van der Waals surface area contributed by atoms with Gasteiger partial charge in [0.05, 0.1) is 34.4 Å². The Labute approximate surface area is 96.7 Å². The van der Waals surface area contributed by atoms with E-state index in [9.17, 15) is 26.3 Å². The van der Waals surface area contributed by atoms with Crippen LogP contribution in [-0.4, -0.2) is 0 Å². The van der Waals surface area contributed by atoms with Gasteiger partial charge in [-0.1, -0.05) is 0 Å². The number of nitrogens with zero attached hydrogens (tertiary/aromatic N) is 2. The third-order valence-corrected chi connectivity index (χ3v) is 1.98. The average molecular weight is 264 g/mol. The van der Waals surface area contributed by atoms with Crippen LogP contribution in [0.15, 0.2) is 12.1 Å². The minimum atomic E-state index is -5.33. The molecule has 0 heterocycles. The SMILES string of the molecule is N#Cc1cc(C#N)c(C(F)(F)F)c(C(F)(F)F)c1. The van der Waals surface area contributed by atoms with E-state index < -0.39 is 34.6 Å². The number of halogens is 6. The topological polar surface area (TPSA) is 47.6 Å². The van der Waals surface area contributed by atoms with Crippen LogP contribution in [0.1, 0.15) is 22.3 Å². The van der Waals surface area contributed by atoms with E-state index in [-0.39, 0.29) is 6.07 Å². The van der Waals surface area contributed by atoms with Gasteiger partial charge in [0.15, 0.2) is 0 Å². The first-order chi connectivity index (χ1) is 8.11. The smallest absolute Gasteiger partial charge is 0.192 e. The number of hydrogen-bond acceptors (Lipinski definition) is 2. The fourth-order valence-electron chi connectivity index (χ4n) is 1.32. The minimum absolute atomic E-state index is 0.0731. The number of nitriles is 2. The van der Waals surface area contributed by atoms with Crippen LogP contribution in [0.3, 0.4) is 0 Å². The van der Waals surface area contributed by atoms with Crippen molar-refractivity contribution < 1.29 is 26.3 Å². The van der Waals surface area contributed by atoms with E-state index in [0.29, 0.717) is 6.07 Å². The van der Waals surface area contributed by atoms with Gasteiger partial charge < -0.3 is 0 Å². The summed E-state index contributed by atoms with van der Waals surface area (Å²) in [6.07, 6.45) is -10.6. The van der Waals surface area contributed by atoms with Crippen LogP contribution in [0, 0.1) is 22.7 Å². The first kappa shape index (κ1) is 13.8. The lowest BCUT2D eigenvalue weighted by Gasteiger charge is -2.16. The first-order valence-corrected chi connectivity index (χ1v) is 4.24. The molecule has 0 aromatic heterocycles. The van der Waals surface area contributed by atoms with E-state index in [1.54, 1.807) is 0 Å². The third-order valence-electron chi connectivity index (χ3n) is 1.98. The predicted molar refractivity (Wildman–Crippen MR) is 45.9 cm³/mol. The summed E-state index contributed by atoms with van der Waals surface area (Å²) >= 11 is 0. The molecule has 0 radical (unpaired) electrons. The van der Waals surface area contributed by atoms with Gasteiger partial charge in [-0.3, -0.25) is 0 Å². The van der Waals surface area contributed by atoms with Crippen molar-refractivity contribution in [3.05, 3.63) is 34.4 Å². The second-order valence-electron chi connectivity index (χ2n) is 3.17. The summed E-state index contributed by atoms with van der Waals surface area (Å²) in [4.78, 5) is 0. The number of hydrogen-bond donors (Lipinski definition) is 0. The quantitative estimate of drug-likeness (QED) is 0.673. The fourth-order valence-corrected chi connectivity index (χ4v) is 1.32. The van der Waals surface area contributed by atoms with E-state index in [1.807, 2.05) is 0 Å². The monoisotopic (exact) mass is 264 g/mol. The van der Waals surface area contributed by atoms with Crippen molar-refractivity contribution in [2.24, 2.45) is 0 Å². The molecule has 0 saturated heterocycles. The second kappa shape index (κ2) is 4.22. The molecular weight excluding hydrogens is 262 g/mol. The highest BCUT2D eigenvalue weighted by molar-refractivity contribution is 5.51. The van der Waals surface area contributed by atoms with Crippen molar-refractivity contribution in [1.29, 1.82) is 10.5 Å². The molecular formula is C10H2F6N2. The zero-order valence-corrected chi connectivity index (χ0v) is 8.32. The molecule has 0 bridgehead atoms. The van der Waals surface area contributed by atoms with Crippen molar-refractivity contribution >= 4 is 0 Å². The summed E-state index contributed by atoms with van der Waals surface area (Å²) in [5.74, 6) is 0. The number of benzene rings is 1. The third kappa shape index (κ3) is 2.54. The molecule has 18 heavy (non-hydrogen) atoms. The van der Waals surface area contributed by atoms with Gasteiger partial charge in [0.25, 0.3) is 0 Å². The molecule has 1 aromatic carbocycles. The highest BCUT2D eigenvalue weighted by atomic mass is 19.4. The maximum Gasteiger partial charge on any atom is 0.418 e. The molecule has 2 nitrogen and oxygen atoms in total. The Morgan fingerprint density at radius 3 is 1.72 bits per heavy atom. The Kier molecular flexibility index (Phi) is 3.25. The zero-order valence-electron chi connectivity index (χ0n) is 8.32. The maximum absolute atomic E-state index is 12.5. The maximum atomic E-state index is 12.5. The molecule has 0 amide bonds. The van der Waals surface area contributed by atoms with Gasteiger partial charge in [0, 0.05) is 0 Å². The Bertz CT molecular complexity index is 556. The van der Waals surface area contributed by atoms with Crippen LogP contribution >= 0.6 is 0 Å².